The number of thiazole rings is 1. The average molecular weight is 320 g/mol. The summed E-state index contributed by atoms with van der Waals surface area (Å²) in [5.41, 5.74) is 0.906. The van der Waals surface area contributed by atoms with E-state index in [1.807, 2.05) is 17.5 Å². The number of nitrogens with one attached hydrogen (secondary N) is 1. The maximum absolute atomic E-state index is 11.4. The van der Waals surface area contributed by atoms with E-state index in [-0.39, 0.29) is 5.91 Å². The molecule has 0 bridgehead atoms. The number of piperazine rings is 1. The van der Waals surface area contributed by atoms with Crippen LogP contribution in [0.2, 0.25) is 0 Å². The van der Waals surface area contributed by atoms with E-state index < -0.39 is 0 Å². The van der Waals surface area contributed by atoms with Crippen LogP contribution in [0.15, 0.2) is 28.2 Å². The van der Waals surface area contributed by atoms with E-state index in [4.69, 9.17) is 4.42 Å². The van der Waals surface area contributed by atoms with Crippen molar-refractivity contribution < 1.29 is 9.21 Å². The number of likely N-dealkylation sites (N-methyl/N-ethyl adjacent to an activating group) is 1. The monoisotopic (exact) mass is 320 g/mol. The first kappa shape index (κ1) is 15.2. The molecular weight excluding hydrogens is 300 g/mol. The molecule has 2 aromatic rings. The first-order valence-corrected chi connectivity index (χ1v) is 8.26. The Labute approximate surface area is 133 Å². The van der Waals surface area contributed by atoms with Crippen molar-refractivity contribution in [2.45, 2.75) is 6.54 Å². The lowest BCUT2D eigenvalue weighted by molar-refractivity contribution is -0.122. The minimum absolute atomic E-state index is 0.0801. The van der Waals surface area contributed by atoms with Gasteiger partial charge in [-0.05, 0) is 12.1 Å². The van der Waals surface area contributed by atoms with E-state index >= 15 is 0 Å². The Hall–Kier alpha value is -1.70. The lowest BCUT2D eigenvalue weighted by Crippen LogP contribution is -2.48. The highest BCUT2D eigenvalue weighted by Gasteiger charge is 2.19. The topological polar surface area (TPSA) is 61.6 Å². The Morgan fingerprint density at radius 3 is 2.82 bits per heavy atom. The molecule has 1 N–H and O–H groups in total. The minimum Gasteiger partial charge on any atom is -0.463 e. The van der Waals surface area contributed by atoms with Crippen molar-refractivity contribution in [2.24, 2.45) is 0 Å². The minimum atomic E-state index is 0.0801. The van der Waals surface area contributed by atoms with E-state index in [1.54, 1.807) is 24.6 Å². The van der Waals surface area contributed by atoms with Gasteiger partial charge in [0.25, 0.3) is 0 Å². The molecule has 1 saturated heterocycles. The third-order valence-corrected chi connectivity index (χ3v) is 4.63. The molecule has 1 aliphatic heterocycles. The van der Waals surface area contributed by atoms with Crippen LogP contribution in [0.1, 0.15) is 5.01 Å². The zero-order valence-electron chi connectivity index (χ0n) is 12.6. The van der Waals surface area contributed by atoms with Crippen LogP contribution in [0.25, 0.3) is 11.5 Å². The molecule has 3 heterocycles. The smallest absolute Gasteiger partial charge is 0.233 e. The number of nitrogens with zero attached hydrogens (tertiary/aromatic N) is 3. The van der Waals surface area contributed by atoms with Crippen molar-refractivity contribution >= 4 is 17.2 Å². The van der Waals surface area contributed by atoms with Gasteiger partial charge in [0.2, 0.25) is 5.91 Å². The number of carbonyl (C=O) groups is 1. The maximum atomic E-state index is 11.4. The Morgan fingerprint density at radius 1 is 1.36 bits per heavy atom. The molecule has 0 aliphatic carbocycles. The maximum Gasteiger partial charge on any atom is 0.233 e. The Kier molecular flexibility index (Phi) is 4.87. The molecule has 0 aromatic carbocycles. The van der Waals surface area contributed by atoms with Gasteiger partial charge in [-0.3, -0.25) is 14.6 Å². The van der Waals surface area contributed by atoms with Crippen LogP contribution < -0.4 is 5.32 Å². The number of rotatable bonds is 5. The largest absolute Gasteiger partial charge is 0.463 e. The molecule has 2 aromatic heterocycles. The molecule has 0 atom stereocenters. The predicted molar refractivity (Wildman–Crippen MR) is 85.6 cm³/mol. The molecule has 0 radical (unpaired) electrons. The summed E-state index contributed by atoms with van der Waals surface area (Å²) in [5, 5.41) is 5.81. The van der Waals surface area contributed by atoms with Gasteiger partial charge in [-0.1, -0.05) is 0 Å². The highest BCUT2D eigenvalue weighted by atomic mass is 32.1. The van der Waals surface area contributed by atoms with Crippen LogP contribution in [-0.2, 0) is 11.3 Å². The summed E-state index contributed by atoms with van der Waals surface area (Å²) in [6.07, 6.45) is 1.67. The van der Waals surface area contributed by atoms with Gasteiger partial charge in [-0.2, -0.15) is 0 Å². The van der Waals surface area contributed by atoms with E-state index in [9.17, 15) is 4.79 Å². The summed E-state index contributed by atoms with van der Waals surface area (Å²) in [5.74, 6) is 0.898. The molecule has 22 heavy (non-hydrogen) atoms. The molecule has 1 aliphatic rings. The quantitative estimate of drug-likeness (QED) is 0.899. The normalized spacial score (nSPS) is 16.8. The summed E-state index contributed by atoms with van der Waals surface area (Å²) in [7, 11) is 1.68. The Bertz CT molecular complexity index is 603. The zero-order valence-corrected chi connectivity index (χ0v) is 13.4. The van der Waals surface area contributed by atoms with Crippen molar-refractivity contribution in [1.29, 1.82) is 0 Å². The van der Waals surface area contributed by atoms with Gasteiger partial charge in [0, 0.05) is 38.6 Å². The number of aromatic nitrogens is 1. The van der Waals surface area contributed by atoms with E-state index in [0.717, 1.165) is 49.2 Å². The molecule has 0 spiro atoms. The summed E-state index contributed by atoms with van der Waals surface area (Å²) in [4.78, 5) is 20.6. The number of carbonyl (C=O) groups excluding carboxylic acids is 1. The van der Waals surface area contributed by atoms with Gasteiger partial charge in [-0.25, -0.2) is 4.98 Å². The highest BCUT2D eigenvalue weighted by molar-refractivity contribution is 7.09. The fourth-order valence-electron chi connectivity index (χ4n) is 2.50. The fourth-order valence-corrected chi connectivity index (χ4v) is 3.32. The van der Waals surface area contributed by atoms with Gasteiger partial charge in [0.15, 0.2) is 5.76 Å². The predicted octanol–water partition coefficient (Wildman–Crippen LogP) is 1.27. The first-order chi connectivity index (χ1) is 10.7. The Balaban J connectivity index is 1.50. The molecule has 0 saturated carbocycles. The highest BCUT2D eigenvalue weighted by Crippen LogP contribution is 2.23. The van der Waals surface area contributed by atoms with Crippen LogP contribution in [0, 0.1) is 0 Å². The van der Waals surface area contributed by atoms with Crippen LogP contribution in [0.5, 0.6) is 0 Å². The molecule has 1 fully saturated rings. The zero-order chi connectivity index (χ0) is 15.4. The van der Waals surface area contributed by atoms with Gasteiger partial charge in [0.1, 0.15) is 10.7 Å². The van der Waals surface area contributed by atoms with Gasteiger partial charge < -0.3 is 9.73 Å². The van der Waals surface area contributed by atoms with Gasteiger partial charge >= 0.3 is 0 Å². The molecule has 7 heteroatoms. The number of amides is 1. The SMILES string of the molecule is CNC(=O)CN1CCN(Cc2nc(-c3ccco3)cs2)CC1. The molecule has 0 unspecified atom stereocenters. The van der Waals surface area contributed by atoms with Crippen molar-refractivity contribution in [2.75, 3.05) is 39.8 Å². The lowest BCUT2D eigenvalue weighted by atomic mass is 10.3. The first-order valence-electron chi connectivity index (χ1n) is 7.38. The second-order valence-electron chi connectivity index (χ2n) is 5.33. The van der Waals surface area contributed by atoms with Crippen LogP contribution >= 0.6 is 11.3 Å². The van der Waals surface area contributed by atoms with E-state index in [0.29, 0.717) is 6.54 Å². The molecule has 1 amide bonds. The third-order valence-electron chi connectivity index (χ3n) is 3.80. The van der Waals surface area contributed by atoms with Crippen LogP contribution in [-0.4, -0.2) is 60.5 Å². The second-order valence-corrected chi connectivity index (χ2v) is 6.27. The molecular formula is C15H20N4O2S. The Morgan fingerprint density at radius 2 is 2.14 bits per heavy atom. The summed E-state index contributed by atoms with van der Waals surface area (Å²) in [6.45, 7) is 5.12. The van der Waals surface area contributed by atoms with E-state index in [1.165, 1.54) is 0 Å². The van der Waals surface area contributed by atoms with Gasteiger partial charge in [-0.15, -0.1) is 11.3 Å². The molecule has 3 rings (SSSR count). The second kappa shape index (κ2) is 7.04. The van der Waals surface area contributed by atoms with Crippen LogP contribution in [0.4, 0.5) is 0 Å². The summed E-state index contributed by atoms with van der Waals surface area (Å²) in [6, 6.07) is 3.80. The van der Waals surface area contributed by atoms with Crippen molar-refractivity contribution in [3.63, 3.8) is 0 Å². The lowest BCUT2D eigenvalue weighted by Gasteiger charge is -2.33. The summed E-state index contributed by atoms with van der Waals surface area (Å²) >= 11 is 1.67. The van der Waals surface area contributed by atoms with Gasteiger partial charge in [0.05, 0.1) is 19.4 Å². The number of hydrogen-bond donors (Lipinski definition) is 1. The summed E-state index contributed by atoms with van der Waals surface area (Å²) < 4.78 is 5.37. The number of furan rings is 1. The standard InChI is InChI=1S/C15H20N4O2S/c1-16-14(20)9-18-4-6-19(7-5-18)10-15-17-12(11-22-15)13-3-2-8-21-13/h2-3,8,11H,4-7,9-10H2,1H3,(H,16,20). The van der Waals surface area contributed by atoms with E-state index in [2.05, 4.69) is 20.1 Å². The van der Waals surface area contributed by atoms with Crippen molar-refractivity contribution in [3.8, 4) is 11.5 Å². The molecule has 6 nitrogen and oxygen atoms in total. The fraction of sp³-hybridized carbons (Fsp3) is 0.467. The van der Waals surface area contributed by atoms with Crippen molar-refractivity contribution in [1.82, 2.24) is 20.1 Å². The number of hydrogen-bond acceptors (Lipinski definition) is 6. The average Bonchev–Trinajstić information content (AvgIpc) is 3.20. The molecule has 118 valence electrons. The van der Waals surface area contributed by atoms with Crippen LogP contribution in [0.3, 0.4) is 0 Å². The van der Waals surface area contributed by atoms with Crippen molar-refractivity contribution in [3.05, 3.63) is 28.8 Å². The third kappa shape index (κ3) is 3.73.